The van der Waals surface area contributed by atoms with Crippen molar-refractivity contribution in [2.24, 2.45) is 0 Å². The maximum atomic E-state index is 13.3. The molecule has 2 aliphatic rings. The molecule has 2 aliphatic heterocycles. The highest BCUT2D eigenvalue weighted by Crippen LogP contribution is 2.32. The van der Waals surface area contributed by atoms with Gasteiger partial charge in [-0.15, -0.1) is 0 Å². The van der Waals surface area contributed by atoms with E-state index in [-0.39, 0.29) is 23.4 Å². The van der Waals surface area contributed by atoms with Crippen molar-refractivity contribution in [3.63, 3.8) is 0 Å². The number of rotatable bonds is 5. The fourth-order valence-electron chi connectivity index (χ4n) is 5.03. The highest BCUT2D eigenvalue weighted by atomic mass is 19.4. The van der Waals surface area contributed by atoms with E-state index in [0.29, 0.717) is 6.04 Å². The van der Waals surface area contributed by atoms with E-state index in [1.165, 1.54) is 17.4 Å². The van der Waals surface area contributed by atoms with Crippen LogP contribution in [-0.2, 0) is 12.7 Å². The van der Waals surface area contributed by atoms with E-state index >= 15 is 0 Å². The Hall–Kier alpha value is -3.08. The van der Waals surface area contributed by atoms with Crippen molar-refractivity contribution in [2.75, 3.05) is 36.8 Å². The van der Waals surface area contributed by atoms with E-state index in [9.17, 15) is 18.0 Å². The van der Waals surface area contributed by atoms with Crippen LogP contribution >= 0.6 is 0 Å². The second kappa shape index (κ2) is 8.36. The summed E-state index contributed by atoms with van der Waals surface area (Å²) in [6.45, 7) is 4.14. The van der Waals surface area contributed by atoms with Gasteiger partial charge in [0.2, 0.25) is 0 Å². The summed E-state index contributed by atoms with van der Waals surface area (Å²) in [5, 5.41) is 0. The van der Waals surface area contributed by atoms with Gasteiger partial charge in [-0.3, -0.25) is 4.57 Å². The van der Waals surface area contributed by atoms with Crippen LogP contribution in [0.1, 0.15) is 36.9 Å². The van der Waals surface area contributed by atoms with Crippen LogP contribution in [0.5, 0.6) is 0 Å². The van der Waals surface area contributed by atoms with Crippen LogP contribution in [0.2, 0.25) is 0 Å². The SMILES string of the molecule is Nc1nc(C(F)(F)F)cc2c1[nH]c(=O)n2Cc1cccnc1N1CCC[C@H]1CN1CCCC1. The number of alkyl halides is 3. The van der Waals surface area contributed by atoms with E-state index in [1.807, 2.05) is 6.07 Å². The first-order valence-electron chi connectivity index (χ1n) is 11.2. The molecule has 3 N–H and O–H groups in total. The van der Waals surface area contributed by atoms with Crippen LogP contribution in [0.4, 0.5) is 24.8 Å². The number of hydrogen-bond acceptors (Lipinski definition) is 6. The van der Waals surface area contributed by atoms with Gasteiger partial charge in [-0.2, -0.15) is 13.2 Å². The van der Waals surface area contributed by atoms with Crippen molar-refractivity contribution in [3.05, 3.63) is 46.1 Å². The highest BCUT2D eigenvalue weighted by molar-refractivity contribution is 5.85. The van der Waals surface area contributed by atoms with Gasteiger partial charge < -0.3 is 20.5 Å². The Labute approximate surface area is 188 Å². The van der Waals surface area contributed by atoms with Crippen LogP contribution in [0, 0.1) is 0 Å². The molecule has 0 saturated carbocycles. The Morgan fingerprint density at radius 2 is 1.97 bits per heavy atom. The third-order valence-corrected chi connectivity index (χ3v) is 6.60. The maximum absolute atomic E-state index is 13.3. The first-order valence-corrected chi connectivity index (χ1v) is 11.2. The zero-order chi connectivity index (χ0) is 23.2. The third-order valence-electron chi connectivity index (χ3n) is 6.60. The van der Waals surface area contributed by atoms with E-state index in [0.717, 1.165) is 56.5 Å². The predicted molar refractivity (Wildman–Crippen MR) is 119 cm³/mol. The Morgan fingerprint density at radius 1 is 1.18 bits per heavy atom. The fourth-order valence-corrected chi connectivity index (χ4v) is 5.03. The number of likely N-dealkylation sites (tertiary alicyclic amines) is 1. The summed E-state index contributed by atoms with van der Waals surface area (Å²) in [6, 6.07) is 4.84. The van der Waals surface area contributed by atoms with Gasteiger partial charge in [0.25, 0.3) is 0 Å². The normalized spacial score (nSPS) is 19.7. The number of nitrogens with two attached hydrogens (primary N) is 1. The number of pyridine rings is 2. The van der Waals surface area contributed by atoms with E-state index in [2.05, 4.69) is 24.8 Å². The molecule has 33 heavy (non-hydrogen) atoms. The summed E-state index contributed by atoms with van der Waals surface area (Å²) in [6.07, 6.45) is 1.62. The van der Waals surface area contributed by atoms with Crippen molar-refractivity contribution in [1.29, 1.82) is 0 Å². The molecule has 0 unspecified atom stereocenters. The molecule has 0 amide bonds. The van der Waals surface area contributed by atoms with Crippen molar-refractivity contribution >= 4 is 22.7 Å². The Kier molecular flexibility index (Phi) is 5.51. The third kappa shape index (κ3) is 4.17. The molecule has 11 heteroatoms. The van der Waals surface area contributed by atoms with Gasteiger partial charge in [-0.05, 0) is 50.9 Å². The molecule has 2 saturated heterocycles. The molecule has 8 nitrogen and oxygen atoms in total. The van der Waals surface area contributed by atoms with Crippen molar-refractivity contribution < 1.29 is 13.2 Å². The zero-order valence-corrected chi connectivity index (χ0v) is 18.1. The molecule has 5 rings (SSSR count). The molecule has 176 valence electrons. The largest absolute Gasteiger partial charge is 0.433 e. The Bertz CT molecular complexity index is 1210. The van der Waals surface area contributed by atoms with Gasteiger partial charge in [-0.25, -0.2) is 14.8 Å². The van der Waals surface area contributed by atoms with Gasteiger partial charge in [0, 0.05) is 30.9 Å². The van der Waals surface area contributed by atoms with Crippen molar-refractivity contribution in [3.8, 4) is 0 Å². The molecule has 0 aromatic carbocycles. The lowest BCUT2D eigenvalue weighted by molar-refractivity contribution is -0.141. The first-order chi connectivity index (χ1) is 15.8. The van der Waals surface area contributed by atoms with E-state index in [4.69, 9.17) is 5.73 Å². The van der Waals surface area contributed by atoms with Crippen LogP contribution in [-0.4, -0.2) is 56.6 Å². The lowest BCUT2D eigenvalue weighted by atomic mass is 10.2. The summed E-state index contributed by atoms with van der Waals surface area (Å²) in [5.74, 6) is 0.422. The maximum Gasteiger partial charge on any atom is 0.433 e. The van der Waals surface area contributed by atoms with Crippen LogP contribution < -0.4 is 16.3 Å². The summed E-state index contributed by atoms with van der Waals surface area (Å²) < 4.78 is 41.2. The van der Waals surface area contributed by atoms with Gasteiger partial charge in [0.1, 0.15) is 22.8 Å². The minimum Gasteiger partial charge on any atom is -0.382 e. The minimum atomic E-state index is -4.67. The summed E-state index contributed by atoms with van der Waals surface area (Å²) >= 11 is 0. The zero-order valence-electron chi connectivity index (χ0n) is 18.1. The van der Waals surface area contributed by atoms with Crippen LogP contribution in [0.3, 0.4) is 0 Å². The van der Waals surface area contributed by atoms with Gasteiger partial charge in [-0.1, -0.05) is 6.07 Å². The smallest absolute Gasteiger partial charge is 0.382 e. The number of aromatic amines is 1. The molecule has 0 radical (unpaired) electrons. The summed E-state index contributed by atoms with van der Waals surface area (Å²) in [4.78, 5) is 28.0. The predicted octanol–water partition coefficient (Wildman–Crippen LogP) is 2.83. The molecule has 0 bridgehead atoms. The lowest BCUT2D eigenvalue weighted by Gasteiger charge is -2.30. The van der Waals surface area contributed by atoms with Crippen molar-refractivity contribution in [2.45, 2.75) is 44.4 Å². The lowest BCUT2D eigenvalue weighted by Crippen LogP contribution is -2.40. The molecule has 0 aliphatic carbocycles. The number of anilines is 2. The average Bonchev–Trinajstić information content (AvgIpc) is 3.51. The number of nitrogen functional groups attached to an aromatic ring is 1. The second-order valence-corrected chi connectivity index (χ2v) is 8.78. The molecule has 2 fully saturated rings. The van der Waals surface area contributed by atoms with E-state index in [1.54, 1.807) is 12.3 Å². The molecule has 0 spiro atoms. The molecule has 5 heterocycles. The first kappa shape index (κ1) is 21.7. The van der Waals surface area contributed by atoms with Gasteiger partial charge in [0.15, 0.2) is 0 Å². The quantitative estimate of drug-likeness (QED) is 0.607. The number of halogens is 3. The van der Waals surface area contributed by atoms with Crippen molar-refractivity contribution in [1.82, 2.24) is 24.4 Å². The number of aromatic nitrogens is 4. The molecule has 3 aromatic rings. The highest BCUT2D eigenvalue weighted by Gasteiger charge is 2.34. The monoisotopic (exact) mass is 461 g/mol. The second-order valence-electron chi connectivity index (χ2n) is 8.78. The van der Waals surface area contributed by atoms with Crippen LogP contribution in [0.15, 0.2) is 29.2 Å². The molecule has 3 aromatic heterocycles. The topological polar surface area (TPSA) is 96.1 Å². The summed E-state index contributed by atoms with van der Waals surface area (Å²) in [5.41, 5.74) is 5.02. The number of nitrogens with one attached hydrogen (secondary N) is 1. The minimum absolute atomic E-state index is 0.0738. The standard InChI is InChI=1S/C22H26F3N7O/c23-22(24,25)17-11-16-18(19(26)28-17)29-21(33)32(16)12-14-5-3-7-27-20(14)31-10-4-6-15(31)13-30-8-1-2-9-30/h3,5,7,11,15H,1-2,4,6,8-10,12-13H2,(H2,26,28)(H,29,33)/t15-/m0/s1. The Morgan fingerprint density at radius 3 is 2.73 bits per heavy atom. The number of H-pyrrole nitrogens is 1. The number of imidazole rings is 1. The van der Waals surface area contributed by atoms with Crippen LogP contribution in [0.25, 0.3) is 11.0 Å². The van der Waals surface area contributed by atoms with Gasteiger partial charge in [0.05, 0.1) is 12.1 Å². The average molecular weight is 461 g/mol. The van der Waals surface area contributed by atoms with Gasteiger partial charge >= 0.3 is 11.9 Å². The molecule has 1 atom stereocenters. The molecular formula is C22H26F3N7O. The Balaban J connectivity index is 1.50. The fraction of sp³-hybridized carbons (Fsp3) is 0.500. The molecular weight excluding hydrogens is 435 g/mol. The summed E-state index contributed by atoms with van der Waals surface area (Å²) in [7, 11) is 0. The number of fused-ring (bicyclic) bond motifs is 1. The number of hydrogen-bond donors (Lipinski definition) is 2. The number of nitrogens with zero attached hydrogens (tertiary/aromatic N) is 5. The van der Waals surface area contributed by atoms with E-state index < -0.39 is 17.6 Å².